The predicted octanol–water partition coefficient (Wildman–Crippen LogP) is 2.33. The minimum Gasteiger partial charge on any atom is -0.393 e. The van der Waals surface area contributed by atoms with E-state index in [0.29, 0.717) is 23.1 Å². The van der Waals surface area contributed by atoms with Gasteiger partial charge in [-0.05, 0) is 25.0 Å². The maximum atomic E-state index is 6.02. The molecule has 2 aromatic heterocycles. The van der Waals surface area contributed by atoms with Gasteiger partial charge >= 0.3 is 0 Å². The average molecular weight is 258 g/mol. The zero-order valence-corrected chi connectivity index (χ0v) is 11.1. The van der Waals surface area contributed by atoms with Gasteiger partial charge in [0.15, 0.2) is 11.6 Å². The normalized spacial score (nSPS) is 10.2. The first-order valence-corrected chi connectivity index (χ1v) is 6.24. The Balaban J connectivity index is 2.18. The summed E-state index contributed by atoms with van der Waals surface area (Å²) in [5.41, 5.74) is 7.63. The number of nitrogens with two attached hydrogens (primary N) is 1. The van der Waals surface area contributed by atoms with Gasteiger partial charge in [-0.25, -0.2) is 15.0 Å². The second-order valence-electron chi connectivity index (χ2n) is 4.26. The zero-order valence-electron chi connectivity index (χ0n) is 11.1. The van der Waals surface area contributed by atoms with Crippen LogP contribution in [-0.2, 0) is 0 Å². The summed E-state index contributed by atoms with van der Waals surface area (Å²) in [5.74, 6) is 1.91. The second kappa shape index (κ2) is 5.99. The maximum absolute atomic E-state index is 6.02. The van der Waals surface area contributed by atoms with Crippen LogP contribution in [0.15, 0.2) is 24.7 Å². The third kappa shape index (κ3) is 3.31. The lowest BCUT2D eigenvalue weighted by Crippen LogP contribution is -2.08. The standard InChI is InChI=1S/C13H18N6/c1-3-6-15-12-11(14)13(18-8-17-12)19-10-5-4-9(2)7-16-10/h4-5,7-8H,3,6,14H2,1-2H3,(H2,15,16,17,18,19). The molecule has 0 saturated carbocycles. The molecule has 0 spiro atoms. The lowest BCUT2D eigenvalue weighted by molar-refractivity contribution is 0.966. The summed E-state index contributed by atoms with van der Waals surface area (Å²) in [6, 6.07) is 3.86. The molecule has 0 saturated heterocycles. The molecule has 0 fully saturated rings. The third-order valence-electron chi connectivity index (χ3n) is 2.58. The van der Waals surface area contributed by atoms with Crippen LogP contribution in [0.25, 0.3) is 0 Å². The second-order valence-corrected chi connectivity index (χ2v) is 4.26. The summed E-state index contributed by atoms with van der Waals surface area (Å²) in [6.45, 7) is 4.89. The van der Waals surface area contributed by atoms with Crippen molar-refractivity contribution in [1.29, 1.82) is 0 Å². The van der Waals surface area contributed by atoms with Gasteiger partial charge in [0.1, 0.15) is 17.8 Å². The molecular formula is C13H18N6. The van der Waals surface area contributed by atoms with Crippen molar-refractivity contribution in [3.63, 3.8) is 0 Å². The monoisotopic (exact) mass is 258 g/mol. The molecule has 0 radical (unpaired) electrons. The molecule has 0 bridgehead atoms. The highest BCUT2D eigenvalue weighted by Crippen LogP contribution is 2.24. The fourth-order valence-corrected chi connectivity index (χ4v) is 1.54. The van der Waals surface area contributed by atoms with Crippen LogP contribution in [0.4, 0.5) is 23.1 Å². The van der Waals surface area contributed by atoms with Crippen molar-refractivity contribution >= 4 is 23.1 Å². The number of anilines is 4. The number of aromatic nitrogens is 3. The van der Waals surface area contributed by atoms with Crippen LogP contribution in [-0.4, -0.2) is 21.5 Å². The van der Waals surface area contributed by atoms with Gasteiger partial charge in [-0.15, -0.1) is 0 Å². The van der Waals surface area contributed by atoms with E-state index in [1.807, 2.05) is 19.1 Å². The topological polar surface area (TPSA) is 88.8 Å². The molecule has 0 unspecified atom stereocenters. The minimum atomic E-state index is 0.498. The van der Waals surface area contributed by atoms with E-state index >= 15 is 0 Å². The Labute approximate surface area is 112 Å². The average Bonchev–Trinajstić information content (AvgIpc) is 2.42. The molecular weight excluding hydrogens is 240 g/mol. The van der Waals surface area contributed by atoms with E-state index in [4.69, 9.17) is 5.73 Å². The smallest absolute Gasteiger partial charge is 0.160 e. The van der Waals surface area contributed by atoms with Crippen LogP contribution in [0, 0.1) is 6.92 Å². The van der Waals surface area contributed by atoms with Gasteiger partial charge in [0.2, 0.25) is 0 Å². The summed E-state index contributed by atoms with van der Waals surface area (Å²) >= 11 is 0. The Morgan fingerprint density at radius 2 is 1.95 bits per heavy atom. The summed E-state index contributed by atoms with van der Waals surface area (Å²) in [4.78, 5) is 12.5. The first kappa shape index (κ1) is 13.1. The zero-order chi connectivity index (χ0) is 13.7. The molecule has 0 aliphatic heterocycles. The molecule has 2 aromatic rings. The number of aryl methyl sites for hydroxylation is 1. The molecule has 2 heterocycles. The number of nitrogen functional groups attached to an aromatic ring is 1. The molecule has 19 heavy (non-hydrogen) atoms. The first-order valence-electron chi connectivity index (χ1n) is 6.24. The van der Waals surface area contributed by atoms with E-state index < -0.39 is 0 Å². The van der Waals surface area contributed by atoms with E-state index in [0.717, 1.165) is 18.5 Å². The third-order valence-corrected chi connectivity index (χ3v) is 2.58. The highest BCUT2D eigenvalue weighted by Gasteiger charge is 2.07. The maximum Gasteiger partial charge on any atom is 0.160 e. The molecule has 0 aliphatic rings. The van der Waals surface area contributed by atoms with Crippen molar-refractivity contribution in [1.82, 2.24) is 15.0 Å². The summed E-state index contributed by atoms with van der Waals surface area (Å²) < 4.78 is 0. The molecule has 0 aromatic carbocycles. The summed E-state index contributed by atoms with van der Waals surface area (Å²) in [7, 11) is 0. The largest absolute Gasteiger partial charge is 0.393 e. The van der Waals surface area contributed by atoms with Gasteiger partial charge in [0, 0.05) is 12.7 Å². The van der Waals surface area contributed by atoms with Gasteiger partial charge < -0.3 is 16.4 Å². The van der Waals surface area contributed by atoms with Crippen molar-refractivity contribution in [3.05, 3.63) is 30.2 Å². The summed E-state index contributed by atoms with van der Waals surface area (Å²) in [6.07, 6.45) is 4.27. The number of nitrogens with zero attached hydrogens (tertiary/aromatic N) is 3. The van der Waals surface area contributed by atoms with Crippen molar-refractivity contribution in [2.45, 2.75) is 20.3 Å². The van der Waals surface area contributed by atoms with Gasteiger partial charge in [0.05, 0.1) is 0 Å². The molecule has 6 nitrogen and oxygen atoms in total. The lowest BCUT2D eigenvalue weighted by atomic mass is 10.3. The van der Waals surface area contributed by atoms with E-state index in [1.54, 1.807) is 6.20 Å². The van der Waals surface area contributed by atoms with Crippen molar-refractivity contribution in [2.24, 2.45) is 0 Å². The van der Waals surface area contributed by atoms with Crippen molar-refractivity contribution in [3.8, 4) is 0 Å². The van der Waals surface area contributed by atoms with Crippen LogP contribution in [0.3, 0.4) is 0 Å². The quantitative estimate of drug-likeness (QED) is 0.762. The fourth-order valence-electron chi connectivity index (χ4n) is 1.54. The highest BCUT2D eigenvalue weighted by atomic mass is 15.1. The lowest BCUT2D eigenvalue weighted by Gasteiger charge is -2.11. The first-order chi connectivity index (χ1) is 9.20. The van der Waals surface area contributed by atoms with Crippen LogP contribution in [0.2, 0.25) is 0 Å². The number of hydrogen-bond acceptors (Lipinski definition) is 6. The predicted molar refractivity (Wildman–Crippen MR) is 77.5 cm³/mol. The van der Waals surface area contributed by atoms with Gasteiger partial charge in [-0.2, -0.15) is 0 Å². The Hall–Kier alpha value is -2.37. The Bertz CT molecular complexity index is 537. The van der Waals surface area contributed by atoms with Crippen LogP contribution in [0.1, 0.15) is 18.9 Å². The Kier molecular flexibility index (Phi) is 4.12. The van der Waals surface area contributed by atoms with Crippen molar-refractivity contribution < 1.29 is 0 Å². The highest BCUT2D eigenvalue weighted by molar-refractivity contribution is 5.76. The van der Waals surface area contributed by atoms with E-state index in [1.165, 1.54) is 6.33 Å². The number of pyridine rings is 1. The molecule has 2 rings (SSSR count). The number of hydrogen-bond donors (Lipinski definition) is 3. The Morgan fingerprint density at radius 1 is 1.16 bits per heavy atom. The fraction of sp³-hybridized carbons (Fsp3) is 0.308. The van der Waals surface area contributed by atoms with E-state index in [2.05, 4.69) is 32.5 Å². The molecule has 6 heteroatoms. The minimum absolute atomic E-state index is 0.498. The van der Waals surface area contributed by atoms with Gasteiger partial charge in [-0.3, -0.25) is 0 Å². The van der Waals surface area contributed by atoms with E-state index in [9.17, 15) is 0 Å². The van der Waals surface area contributed by atoms with E-state index in [-0.39, 0.29) is 0 Å². The van der Waals surface area contributed by atoms with Crippen LogP contribution >= 0.6 is 0 Å². The Morgan fingerprint density at radius 3 is 2.63 bits per heavy atom. The molecule has 100 valence electrons. The van der Waals surface area contributed by atoms with Gasteiger partial charge in [0.25, 0.3) is 0 Å². The molecule has 0 atom stereocenters. The van der Waals surface area contributed by atoms with Gasteiger partial charge in [-0.1, -0.05) is 13.0 Å². The molecule has 0 amide bonds. The van der Waals surface area contributed by atoms with Crippen molar-refractivity contribution in [2.75, 3.05) is 22.9 Å². The molecule has 0 aliphatic carbocycles. The van der Waals surface area contributed by atoms with Crippen LogP contribution < -0.4 is 16.4 Å². The number of nitrogens with one attached hydrogen (secondary N) is 2. The summed E-state index contributed by atoms with van der Waals surface area (Å²) in [5, 5.41) is 6.25. The molecule has 4 N–H and O–H groups in total. The SMILES string of the molecule is CCCNc1ncnc(Nc2ccc(C)cn2)c1N. The van der Waals surface area contributed by atoms with Crippen LogP contribution in [0.5, 0.6) is 0 Å². The number of rotatable bonds is 5.